The van der Waals surface area contributed by atoms with Crippen LogP contribution >= 0.6 is 11.8 Å². The first-order chi connectivity index (χ1) is 12.7. The maximum absolute atomic E-state index is 13.0. The Morgan fingerprint density at radius 2 is 1.81 bits per heavy atom. The molecule has 0 bridgehead atoms. The maximum Gasteiger partial charge on any atom is 0.255 e. The number of benzene rings is 2. The molecule has 0 aromatic heterocycles. The second-order valence-corrected chi connectivity index (χ2v) is 7.81. The van der Waals surface area contributed by atoms with E-state index in [0.717, 1.165) is 19.3 Å². The molecule has 1 heterocycles. The van der Waals surface area contributed by atoms with Gasteiger partial charge < -0.3 is 10.2 Å². The van der Waals surface area contributed by atoms with Crippen LogP contribution in [0.25, 0.3) is 0 Å². The molecule has 2 aromatic carbocycles. The van der Waals surface area contributed by atoms with Crippen LogP contribution in [0.5, 0.6) is 0 Å². The molecular weight excluding hydrogens is 344 g/mol. The van der Waals surface area contributed by atoms with E-state index in [0.29, 0.717) is 17.2 Å². The zero-order valence-electron chi connectivity index (χ0n) is 14.6. The fraction of sp³-hybridized carbons (Fsp3) is 0.333. The van der Waals surface area contributed by atoms with Gasteiger partial charge in [0.05, 0.1) is 11.9 Å². The van der Waals surface area contributed by atoms with Gasteiger partial charge in [-0.05, 0) is 42.5 Å². The molecule has 1 N–H and O–H groups in total. The van der Waals surface area contributed by atoms with E-state index in [4.69, 9.17) is 0 Å². The zero-order valence-corrected chi connectivity index (χ0v) is 15.4. The first-order valence-corrected chi connectivity index (χ1v) is 10.2. The molecular formula is C21H22N2O2S. The lowest BCUT2D eigenvalue weighted by atomic mass is 9.87. The normalized spacial score (nSPS) is 21.9. The van der Waals surface area contributed by atoms with Gasteiger partial charge in [0.1, 0.15) is 6.04 Å². The largest absolute Gasteiger partial charge is 0.347 e. The van der Waals surface area contributed by atoms with Crippen molar-refractivity contribution in [2.45, 2.75) is 31.3 Å². The topological polar surface area (TPSA) is 49.4 Å². The van der Waals surface area contributed by atoms with Crippen molar-refractivity contribution in [2.75, 3.05) is 11.6 Å². The summed E-state index contributed by atoms with van der Waals surface area (Å²) in [6.45, 7) is 0. The fourth-order valence-electron chi connectivity index (χ4n) is 3.78. The monoisotopic (exact) mass is 366 g/mol. The summed E-state index contributed by atoms with van der Waals surface area (Å²) in [5.41, 5.74) is 3.18. The first-order valence-electron chi connectivity index (χ1n) is 9.06. The van der Waals surface area contributed by atoms with Crippen molar-refractivity contribution in [3.8, 4) is 0 Å². The highest BCUT2D eigenvalue weighted by Gasteiger charge is 2.36. The number of nitrogens with one attached hydrogen (secondary N) is 1. The van der Waals surface area contributed by atoms with E-state index in [1.807, 2.05) is 24.3 Å². The molecule has 1 fully saturated rings. The van der Waals surface area contributed by atoms with E-state index >= 15 is 0 Å². The van der Waals surface area contributed by atoms with E-state index < -0.39 is 6.04 Å². The summed E-state index contributed by atoms with van der Waals surface area (Å²) in [5.74, 6) is 1.10. The molecule has 0 spiro atoms. The van der Waals surface area contributed by atoms with Crippen LogP contribution in [0.4, 0.5) is 0 Å². The molecule has 2 amide bonds. The summed E-state index contributed by atoms with van der Waals surface area (Å²) in [5, 5.41) is 3.21. The Kier molecular flexibility index (Phi) is 4.98. The van der Waals surface area contributed by atoms with Crippen LogP contribution in [0.1, 0.15) is 40.4 Å². The molecule has 2 atom stereocenters. The number of hydrogen-bond donors (Lipinski definition) is 1. The molecule has 26 heavy (non-hydrogen) atoms. The van der Waals surface area contributed by atoms with Crippen molar-refractivity contribution >= 4 is 23.6 Å². The maximum atomic E-state index is 13.0. The van der Waals surface area contributed by atoms with Gasteiger partial charge in [0.15, 0.2) is 0 Å². The van der Waals surface area contributed by atoms with E-state index in [1.54, 1.807) is 28.8 Å². The predicted octanol–water partition coefficient (Wildman–Crippen LogP) is 3.40. The lowest BCUT2D eigenvalue weighted by Crippen LogP contribution is -2.48. The Hall–Kier alpha value is -2.27. The Morgan fingerprint density at radius 1 is 1.04 bits per heavy atom. The number of aryl methyl sites for hydroxylation is 1. The summed E-state index contributed by atoms with van der Waals surface area (Å²) in [4.78, 5) is 27.4. The summed E-state index contributed by atoms with van der Waals surface area (Å²) in [7, 11) is 0. The minimum absolute atomic E-state index is 0.0408. The number of thioether (sulfide) groups is 1. The fourth-order valence-corrected chi connectivity index (χ4v) is 4.93. The van der Waals surface area contributed by atoms with Crippen LogP contribution in [0.2, 0.25) is 0 Å². The molecule has 1 saturated heterocycles. The summed E-state index contributed by atoms with van der Waals surface area (Å²) >= 11 is 1.63. The minimum atomic E-state index is -0.401. The smallest absolute Gasteiger partial charge is 0.255 e. The SMILES string of the molecule is O=C(NC1CCCc2ccccc21)C1CSCN1C(=O)c1ccccc1. The Morgan fingerprint density at radius 3 is 2.65 bits per heavy atom. The van der Waals surface area contributed by atoms with Crippen LogP contribution in [0.15, 0.2) is 54.6 Å². The van der Waals surface area contributed by atoms with Gasteiger partial charge in [-0.3, -0.25) is 9.59 Å². The average Bonchev–Trinajstić information content (AvgIpc) is 3.18. The number of amides is 2. The number of rotatable bonds is 3. The summed E-state index contributed by atoms with van der Waals surface area (Å²) < 4.78 is 0. The van der Waals surface area contributed by atoms with Gasteiger partial charge in [-0.2, -0.15) is 0 Å². The second-order valence-electron chi connectivity index (χ2n) is 6.81. The van der Waals surface area contributed by atoms with Gasteiger partial charge in [0.2, 0.25) is 5.91 Å². The number of carbonyl (C=O) groups excluding carboxylic acids is 2. The van der Waals surface area contributed by atoms with Crippen LogP contribution in [-0.4, -0.2) is 34.4 Å². The third-order valence-corrected chi connectivity index (χ3v) is 6.16. The van der Waals surface area contributed by atoms with Gasteiger partial charge in [0, 0.05) is 11.3 Å². The third-order valence-electron chi connectivity index (χ3n) is 5.15. The Bertz CT molecular complexity index is 809. The van der Waals surface area contributed by atoms with Gasteiger partial charge in [-0.25, -0.2) is 0 Å². The van der Waals surface area contributed by atoms with Crippen molar-refractivity contribution in [1.29, 1.82) is 0 Å². The standard InChI is InChI=1S/C21H22N2O2S/c24-20(22-18-12-6-10-15-7-4-5-11-17(15)18)19-13-26-14-23(19)21(25)16-8-2-1-3-9-16/h1-5,7-9,11,18-19H,6,10,12-14H2,(H,22,24). The van der Waals surface area contributed by atoms with E-state index in [1.165, 1.54) is 11.1 Å². The van der Waals surface area contributed by atoms with E-state index in [2.05, 4.69) is 23.5 Å². The highest BCUT2D eigenvalue weighted by atomic mass is 32.2. The van der Waals surface area contributed by atoms with Crippen LogP contribution < -0.4 is 5.32 Å². The average molecular weight is 366 g/mol. The zero-order chi connectivity index (χ0) is 17.9. The van der Waals surface area contributed by atoms with Gasteiger partial charge >= 0.3 is 0 Å². The molecule has 0 radical (unpaired) electrons. The molecule has 4 rings (SSSR count). The molecule has 2 aromatic rings. The quantitative estimate of drug-likeness (QED) is 0.906. The van der Waals surface area contributed by atoms with E-state index in [9.17, 15) is 9.59 Å². The van der Waals surface area contributed by atoms with Crippen LogP contribution in [0.3, 0.4) is 0 Å². The lowest BCUT2D eigenvalue weighted by molar-refractivity contribution is -0.125. The highest BCUT2D eigenvalue weighted by molar-refractivity contribution is 7.99. The van der Waals surface area contributed by atoms with Crippen LogP contribution in [0, 0.1) is 0 Å². The molecule has 134 valence electrons. The first kappa shape index (κ1) is 17.2. The van der Waals surface area contributed by atoms with E-state index in [-0.39, 0.29) is 17.9 Å². The number of hydrogen-bond acceptors (Lipinski definition) is 3. The van der Waals surface area contributed by atoms with Crippen molar-refractivity contribution in [2.24, 2.45) is 0 Å². The van der Waals surface area contributed by atoms with Crippen LogP contribution in [-0.2, 0) is 11.2 Å². The van der Waals surface area contributed by atoms with Crippen molar-refractivity contribution in [3.05, 3.63) is 71.3 Å². The lowest BCUT2D eigenvalue weighted by Gasteiger charge is -2.29. The molecule has 0 saturated carbocycles. The van der Waals surface area contributed by atoms with Crippen molar-refractivity contribution in [3.63, 3.8) is 0 Å². The molecule has 2 unspecified atom stereocenters. The number of fused-ring (bicyclic) bond motifs is 1. The van der Waals surface area contributed by atoms with Gasteiger partial charge in [0.25, 0.3) is 5.91 Å². The Balaban J connectivity index is 1.49. The molecule has 1 aliphatic heterocycles. The Labute approximate surface area is 158 Å². The number of carbonyl (C=O) groups is 2. The minimum Gasteiger partial charge on any atom is -0.347 e. The summed E-state index contributed by atoms with van der Waals surface area (Å²) in [6, 6.07) is 17.2. The number of nitrogens with zero attached hydrogens (tertiary/aromatic N) is 1. The predicted molar refractivity (Wildman–Crippen MR) is 104 cm³/mol. The molecule has 1 aliphatic carbocycles. The van der Waals surface area contributed by atoms with Gasteiger partial charge in [-0.1, -0.05) is 42.5 Å². The summed E-state index contributed by atoms with van der Waals surface area (Å²) in [6.07, 6.45) is 3.10. The third kappa shape index (κ3) is 3.36. The highest BCUT2D eigenvalue weighted by Crippen LogP contribution is 2.30. The second kappa shape index (κ2) is 7.54. The van der Waals surface area contributed by atoms with Crippen molar-refractivity contribution in [1.82, 2.24) is 10.2 Å². The molecule has 4 nitrogen and oxygen atoms in total. The molecule has 5 heteroatoms. The van der Waals surface area contributed by atoms with Crippen molar-refractivity contribution < 1.29 is 9.59 Å². The van der Waals surface area contributed by atoms with Gasteiger partial charge in [-0.15, -0.1) is 11.8 Å². The molecule has 2 aliphatic rings.